The average molecular weight is 299 g/mol. The summed E-state index contributed by atoms with van der Waals surface area (Å²) < 4.78 is 5.66. The molecule has 5 nitrogen and oxygen atoms in total. The zero-order valence-corrected chi connectivity index (χ0v) is 13.0. The Bertz CT molecular complexity index is 612. The molecule has 0 atom stereocenters. The number of benzene rings is 1. The molecule has 2 rings (SSSR count). The van der Waals surface area contributed by atoms with E-state index in [-0.39, 0.29) is 5.91 Å². The number of carbonyl (C=O) groups is 1. The third-order valence-electron chi connectivity index (χ3n) is 3.13. The highest BCUT2D eigenvalue weighted by atomic mass is 16.5. The Balaban J connectivity index is 1.89. The number of ether oxygens (including phenoxy) is 1. The van der Waals surface area contributed by atoms with Gasteiger partial charge in [0.2, 0.25) is 0 Å². The number of rotatable bonds is 7. The molecule has 0 radical (unpaired) electrons. The van der Waals surface area contributed by atoms with Crippen molar-refractivity contribution in [3.8, 4) is 5.75 Å². The van der Waals surface area contributed by atoms with Crippen molar-refractivity contribution in [1.29, 1.82) is 0 Å². The van der Waals surface area contributed by atoms with Crippen LogP contribution in [0.15, 0.2) is 36.7 Å². The molecule has 1 N–H and O–H groups in total. The average Bonchev–Trinajstić information content (AvgIpc) is 2.54. The van der Waals surface area contributed by atoms with Gasteiger partial charge in [0, 0.05) is 12.7 Å². The van der Waals surface area contributed by atoms with Crippen molar-refractivity contribution in [2.75, 3.05) is 6.61 Å². The number of amides is 1. The fraction of sp³-hybridized carbons (Fsp3) is 0.353. The predicted molar refractivity (Wildman–Crippen MR) is 84.8 cm³/mol. The second kappa shape index (κ2) is 8.12. The lowest BCUT2D eigenvalue weighted by molar-refractivity contribution is 0.0945. The summed E-state index contributed by atoms with van der Waals surface area (Å²) >= 11 is 0. The van der Waals surface area contributed by atoms with Crippen LogP contribution in [0.4, 0.5) is 0 Å². The van der Waals surface area contributed by atoms with E-state index in [0.29, 0.717) is 18.8 Å². The van der Waals surface area contributed by atoms with Crippen molar-refractivity contribution in [1.82, 2.24) is 15.3 Å². The summed E-state index contributed by atoms with van der Waals surface area (Å²) in [7, 11) is 0. The van der Waals surface area contributed by atoms with E-state index in [9.17, 15) is 4.79 Å². The van der Waals surface area contributed by atoms with Crippen LogP contribution in [0.3, 0.4) is 0 Å². The van der Waals surface area contributed by atoms with Gasteiger partial charge in [0.15, 0.2) is 0 Å². The number of hydrogen-bond donors (Lipinski definition) is 1. The van der Waals surface area contributed by atoms with Crippen LogP contribution in [0.2, 0.25) is 0 Å². The van der Waals surface area contributed by atoms with Crippen LogP contribution in [0, 0.1) is 6.92 Å². The summed E-state index contributed by atoms with van der Waals surface area (Å²) in [6.45, 7) is 5.10. The molecule has 0 saturated heterocycles. The van der Waals surface area contributed by atoms with Crippen LogP contribution in [-0.2, 0) is 6.54 Å². The highest BCUT2D eigenvalue weighted by molar-refractivity contribution is 5.91. The molecule has 0 bridgehead atoms. The summed E-state index contributed by atoms with van der Waals surface area (Å²) in [6, 6.07) is 7.74. The monoisotopic (exact) mass is 299 g/mol. The molecule has 0 fully saturated rings. The third kappa shape index (κ3) is 4.84. The lowest BCUT2D eigenvalue weighted by Crippen LogP contribution is -2.24. The molecule has 0 aliphatic heterocycles. The zero-order chi connectivity index (χ0) is 15.8. The van der Waals surface area contributed by atoms with Gasteiger partial charge < -0.3 is 10.1 Å². The lowest BCUT2D eigenvalue weighted by Gasteiger charge is -2.08. The zero-order valence-electron chi connectivity index (χ0n) is 13.0. The van der Waals surface area contributed by atoms with Gasteiger partial charge in [-0.2, -0.15) is 0 Å². The Kier molecular flexibility index (Phi) is 5.89. The maximum absolute atomic E-state index is 12.0. The number of aryl methyl sites for hydroxylation is 1. The van der Waals surface area contributed by atoms with Crippen molar-refractivity contribution < 1.29 is 9.53 Å². The molecule has 1 amide bonds. The van der Waals surface area contributed by atoms with E-state index in [1.807, 2.05) is 31.2 Å². The topological polar surface area (TPSA) is 64.1 Å². The van der Waals surface area contributed by atoms with Crippen molar-refractivity contribution >= 4 is 5.91 Å². The molecule has 0 aliphatic rings. The maximum Gasteiger partial charge on any atom is 0.271 e. The molecule has 0 spiro atoms. The van der Waals surface area contributed by atoms with Crippen molar-refractivity contribution in [2.24, 2.45) is 0 Å². The van der Waals surface area contributed by atoms with Gasteiger partial charge in [0.25, 0.3) is 5.91 Å². The molecule has 2 aromatic rings. The molecule has 5 heteroatoms. The fourth-order valence-corrected chi connectivity index (χ4v) is 1.86. The molecule has 22 heavy (non-hydrogen) atoms. The Morgan fingerprint density at radius 1 is 1.27 bits per heavy atom. The fourth-order valence-electron chi connectivity index (χ4n) is 1.86. The molecule has 1 heterocycles. The number of unbranched alkanes of at least 4 members (excludes halogenated alkanes) is 1. The van der Waals surface area contributed by atoms with Gasteiger partial charge in [0.1, 0.15) is 11.4 Å². The van der Waals surface area contributed by atoms with Gasteiger partial charge in [-0.1, -0.05) is 25.5 Å². The first-order chi connectivity index (χ1) is 10.7. The normalized spacial score (nSPS) is 10.3. The molecule has 116 valence electrons. The van der Waals surface area contributed by atoms with Gasteiger partial charge in [-0.3, -0.25) is 9.78 Å². The van der Waals surface area contributed by atoms with Crippen molar-refractivity contribution in [3.63, 3.8) is 0 Å². The molecule has 1 aromatic heterocycles. The van der Waals surface area contributed by atoms with Crippen molar-refractivity contribution in [3.05, 3.63) is 53.6 Å². The minimum absolute atomic E-state index is 0.232. The van der Waals surface area contributed by atoms with E-state index in [2.05, 4.69) is 22.2 Å². The highest BCUT2D eigenvalue weighted by Gasteiger charge is 2.07. The minimum Gasteiger partial charge on any atom is -0.494 e. The van der Waals surface area contributed by atoms with E-state index in [4.69, 9.17) is 4.74 Å². The first-order valence-corrected chi connectivity index (χ1v) is 7.47. The van der Waals surface area contributed by atoms with Crippen LogP contribution in [0.1, 0.15) is 41.5 Å². The molecule has 0 saturated carbocycles. The number of aromatic nitrogens is 2. The molecular weight excluding hydrogens is 278 g/mol. The van der Waals surface area contributed by atoms with Crippen LogP contribution >= 0.6 is 0 Å². The predicted octanol–water partition coefficient (Wildman–Crippen LogP) is 2.89. The molecule has 0 aliphatic carbocycles. The summed E-state index contributed by atoms with van der Waals surface area (Å²) in [5, 5.41) is 2.83. The summed E-state index contributed by atoms with van der Waals surface area (Å²) in [5.74, 6) is 0.597. The smallest absolute Gasteiger partial charge is 0.271 e. The summed E-state index contributed by atoms with van der Waals surface area (Å²) in [4.78, 5) is 20.1. The number of nitrogens with zero attached hydrogens (tertiary/aromatic N) is 2. The summed E-state index contributed by atoms with van der Waals surface area (Å²) in [5.41, 5.74) is 2.09. The second-order valence-electron chi connectivity index (χ2n) is 5.08. The quantitative estimate of drug-likeness (QED) is 0.798. The molecule has 0 unspecified atom stereocenters. The third-order valence-corrected chi connectivity index (χ3v) is 3.13. The number of hydrogen-bond acceptors (Lipinski definition) is 4. The largest absolute Gasteiger partial charge is 0.494 e. The van der Waals surface area contributed by atoms with Crippen LogP contribution in [0.5, 0.6) is 5.75 Å². The van der Waals surface area contributed by atoms with Crippen LogP contribution < -0.4 is 10.1 Å². The Hall–Kier alpha value is -2.43. The van der Waals surface area contributed by atoms with E-state index in [1.54, 1.807) is 6.20 Å². The Morgan fingerprint density at radius 3 is 2.86 bits per heavy atom. The lowest BCUT2D eigenvalue weighted by atomic mass is 10.2. The minimum atomic E-state index is -0.232. The van der Waals surface area contributed by atoms with Crippen LogP contribution in [-0.4, -0.2) is 22.5 Å². The van der Waals surface area contributed by atoms with Gasteiger partial charge >= 0.3 is 0 Å². The number of carbonyl (C=O) groups excluding carboxylic acids is 1. The van der Waals surface area contributed by atoms with Gasteiger partial charge in [-0.05, 0) is 31.0 Å². The Morgan fingerprint density at radius 2 is 2.14 bits per heavy atom. The summed E-state index contributed by atoms with van der Waals surface area (Å²) in [6.07, 6.45) is 5.20. The molecule has 1 aromatic carbocycles. The van der Waals surface area contributed by atoms with Gasteiger partial charge in [0.05, 0.1) is 18.5 Å². The Labute approximate surface area is 130 Å². The first kappa shape index (κ1) is 15.9. The van der Waals surface area contributed by atoms with Crippen LogP contribution in [0.25, 0.3) is 0 Å². The molecular formula is C17H21N3O2. The van der Waals surface area contributed by atoms with E-state index < -0.39 is 0 Å². The second-order valence-corrected chi connectivity index (χ2v) is 5.08. The van der Waals surface area contributed by atoms with E-state index in [1.165, 1.54) is 6.20 Å². The SMILES string of the molecule is CCCCOc1cccc(CNC(=O)c2cnc(C)cn2)c1. The maximum atomic E-state index is 12.0. The number of nitrogens with one attached hydrogen (secondary N) is 1. The van der Waals surface area contributed by atoms with E-state index in [0.717, 1.165) is 29.8 Å². The van der Waals surface area contributed by atoms with E-state index >= 15 is 0 Å². The van der Waals surface area contributed by atoms with Gasteiger partial charge in [-0.25, -0.2) is 4.98 Å². The van der Waals surface area contributed by atoms with Gasteiger partial charge in [-0.15, -0.1) is 0 Å². The van der Waals surface area contributed by atoms with Crippen molar-refractivity contribution in [2.45, 2.75) is 33.2 Å². The highest BCUT2D eigenvalue weighted by Crippen LogP contribution is 2.13. The standard InChI is InChI=1S/C17H21N3O2/c1-3-4-8-22-15-7-5-6-14(9-15)11-20-17(21)16-12-18-13(2)10-19-16/h5-7,9-10,12H,3-4,8,11H2,1-2H3,(H,20,21). The first-order valence-electron chi connectivity index (χ1n) is 7.47.